The molecule has 0 bridgehead atoms. The Balaban J connectivity index is 1.08. The van der Waals surface area contributed by atoms with Crippen LogP contribution in [0.25, 0.3) is 0 Å². The van der Waals surface area contributed by atoms with Gasteiger partial charge in [-0.05, 0) is 117 Å². The highest BCUT2D eigenvalue weighted by Crippen LogP contribution is 2.20. The molecule has 3 aromatic carbocycles. The highest BCUT2D eigenvalue weighted by Gasteiger charge is 2.37. The van der Waals surface area contributed by atoms with Gasteiger partial charge >= 0.3 is 5.97 Å². The molecule has 0 aliphatic carbocycles. The number of benzene rings is 3. The van der Waals surface area contributed by atoms with E-state index < -0.39 is 196 Å². The molecule has 6 rings (SSSR count). The number of aliphatic hydroxyl groups is 2. The number of guanidine groups is 1. The fourth-order valence-electron chi connectivity index (χ4n) is 12.1. The molecule has 3 heterocycles. The minimum Gasteiger partial charge on any atom is -0.494 e. The van der Waals surface area contributed by atoms with Crippen molar-refractivity contribution in [2.75, 3.05) is 57.9 Å². The second kappa shape index (κ2) is 48.8. The first-order valence-corrected chi connectivity index (χ1v) is 40.4. The molecule has 0 radical (unpaired) electrons. The first-order chi connectivity index (χ1) is 57.4. The average molecular weight is 1710 g/mol. The smallest absolute Gasteiger partial charge is 0.305 e. The zero-order chi connectivity index (χ0) is 88.9. The van der Waals surface area contributed by atoms with Crippen LogP contribution in [0.4, 0.5) is 5.82 Å². The number of hydrazone groups is 1. The molecule has 13 amide bonds. The second-order valence-corrected chi connectivity index (χ2v) is 30.4. The zero-order valence-electron chi connectivity index (χ0n) is 67.3. The molecule has 44 heteroatoms. The quantitative estimate of drug-likeness (QED) is 0.00510. The minimum absolute atomic E-state index is 0.00197. The van der Waals surface area contributed by atoms with Crippen molar-refractivity contribution in [2.45, 2.75) is 177 Å². The van der Waals surface area contributed by atoms with Gasteiger partial charge in [-0.3, -0.25) is 87.9 Å². The minimum atomic E-state index is -4.58. The molecule has 2 aliphatic heterocycles. The van der Waals surface area contributed by atoms with Crippen molar-refractivity contribution < 1.29 is 105 Å². The first kappa shape index (κ1) is 96.9. The molecule has 2 fully saturated rings. The van der Waals surface area contributed by atoms with E-state index in [1.165, 1.54) is 49.5 Å². The number of nitrogens with two attached hydrogens (primary N) is 1. The topological polar surface area (TPSA) is 664 Å². The van der Waals surface area contributed by atoms with Crippen LogP contribution in [0.3, 0.4) is 0 Å². The van der Waals surface area contributed by atoms with Gasteiger partial charge in [0.15, 0.2) is 12.2 Å². The Labute approximate surface area is 696 Å². The number of hydrogen-bond donors (Lipinski definition) is 23. The average Bonchev–Trinajstić information content (AvgIpc) is 0.921. The number of nitrogens with zero attached hydrogens (tertiary/aromatic N) is 2. The van der Waals surface area contributed by atoms with E-state index in [1.807, 2.05) is 0 Å². The number of amidine groups is 1. The maximum Gasteiger partial charge on any atom is 0.305 e. The summed E-state index contributed by atoms with van der Waals surface area (Å²) in [5.41, 5.74) is 8.92. The van der Waals surface area contributed by atoms with E-state index in [0.29, 0.717) is 29.0 Å². The predicted molar refractivity (Wildman–Crippen MR) is 435 cm³/mol. The van der Waals surface area contributed by atoms with Crippen LogP contribution in [0.5, 0.6) is 11.5 Å². The number of amides is 13. The third kappa shape index (κ3) is 34.5. The van der Waals surface area contributed by atoms with Crippen LogP contribution in [0, 0.1) is 22.7 Å². The standard InChI is InChI=1S/C77H107N21O22S/c1-42(2)65-75(114)92-51(13-8-28-81-44(5)78)69(108)86-40-61(100)89-56(36-63(102)103)71(110)95-55(73(112)96-65)35-46-18-23-50(24-19-46)120-33-11-31-83-68(107)53(91-67(106)48-20-26-59(85-38-48)98-88-39-47-12-6-7-15-58(47)121(116,117)118)25-27-60(99)82-30-10-32-119-49-21-16-45(17-22-49)34-54-74(113)97-66(43(3)4)76(115)93-52(14-9-29-84-77(79)80)70(109)87-41-62(101)90-57(37-64(104)105)72(111)94-54/h6-7,12,15-24,26,38-39,42-43,51-57,63,65-66,102-103H,8-11,13-14,25,27-37,40-41H2,1-5H3,(H2,78,81)(H,82,99)(H,83,107)(H,85,98)(H,86,108)(H,87,109)(H,89,100)(H,90,101)(H,91,106)(H,92,114)(H,93,115)(H,94,111)(H,95,110)(H,96,112)(H,97,113)(H,104,105)(H4,79,80,84)(H,116,117,118)/b88-39+/t51-,52-,53-,54+,55+,56-,57-,65-,66-/m0/s1. The number of aliphatic hydroxyl groups excluding tert-OH is 1. The molecule has 4 aromatic rings. The summed E-state index contributed by atoms with van der Waals surface area (Å²) in [6.07, 6.45) is -1.27. The van der Waals surface area contributed by atoms with E-state index in [4.69, 9.17) is 26.0 Å². The van der Waals surface area contributed by atoms with Crippen LogP contribution in [-0.2, 0) is 85.3 Å². The summed E-state index contributed by atoms with van der Waals surface area (Å²) in [4.78, 5) is 193. The number of hydrogen-bond acceptors (Lipinski definition) is 25. The Morgan fingerprint density at radius 3 is 1.55 bits per heavy atom. The van der Waals surface area contributed by atoms with Crippen LogP contribution in [0.2, 0.25) is 0 Å². The first-order valence-electron chi connectivity index (χ1n) is 38.9. The Kier molecular flexibility index (Phi) is 39.1. The lowest BCUT2D eigenvalue weighted by Gasteiger charge is -2.28. The molecule has 43 nitrogen and oxygen atoms in total. The van der Waals surface area contributed by atoms with Gasteiger partial charge in [-0.25, -0.2) is 4.98 Å². The van der Waals surface area contributed by atoms with Crippen molar-refractivity contribution >= 4 is 117 Å². The lowest BCUT2D eigenvalue weighted by Crippen LogP contribution is -2.59. The predicted octanol–water partition coefficient (Wildman–Crippen LogP) is -3.84. The summed E-state index contributed by atoms with van der Waals surface area (Å²) in [7, 11) is -4.58. The number of carboxylic acid groups (broad SMARTS) is 1. The number of aliphatic carboxylic acids is 1. The fraction of sp³-hybridized carbons (Fsp3) is 0.481. The fourth-order valence-corrected chi connectivity index (χ4v) is 12.7. The third-order valence-corrected chi connectivity index (χ3v) is 19.4. The van der Waals surface area contributed by atoms with Gasteiger partial charge in [-0.15, -0.1) is 0 Å². The molecule has 0 saturated carbocycles. The van der Waals surface area contributed by atoms with E-state index in [0.717, 1.165) is 6.21 Å². The highest BCUT2D eigenvalue weighted by atomic mass is 32.2. The summed E-state index contributed by atoms with van der Waals surface area (Å²) in [5.74, 6) is -12.6. The number of nitrogens with one attached hydrogen (secondary N) is 18. The number of carbonyl (C=O) groups is 14. The lowest BCUT2D eigenvalue weighted by atomic mass is 9.99. The Hall–Kier alpha value is -13.0. The molecule has 0 unspecified atom stereocenters. The third-order valence-electron chi connectivity index (χ3n) is 18.5. The Bertz CT molecular complexity index is 4440. The van der Waals surface area contributed by atoms with Crippen molar-refractivity contribution in [3.05, 3.63) is 113 Å². The van der Waals surface area contributed by atoms with Gasteiger partial charge in [0, 0.05) is 63.6 Å². The van der Waals surface area contributed by atoms with Crippen LogP contribution in [-0.4, -0.2) is 247 Å². The summed E-state index contributed by atoms with van der Waals surface area (Å²) in [5, 5.41) is 87.2. The van der Waals surface area contributed by atoms with E-state index in [-0.39, 0.29) is 126 Å². The van der Waals surface area contributed by atoms with Gasteiger partial charge in [0.05, 0.1) is 50.3 Å². The highest BCUT2D eigenvalue weighted by molar-refractivity contribution is 7.86. The summed E-state index contributed by atoms with van der Waals surface area (Å²) in [6.45, 7) is 7.29. The van der Waals surface area contributed by atoms with Gasteiger partial charge in [0.2, 0.25) is 70.9 Å². The zero-order valence-corrected chi connectivity index (χ0v) is 68.1. The molecule has 24 N–H and O–H groups in total. The van der Waals surface area contributed by atoms with Crippen molar-refractivity contribution in [3.63, 3.8) is 0 Å². The lowest BCUT2D eigenvalue weighted by molar-refractivity contribution is -0.141. The molecule has 9 atom stereocenters. The molecule has 0 spiro atoms. The van der Waals surface area contributed by atoms with E-state index in [2.05, 4.69) is 95.3 Å². The summed E-state index contributed by atoms with van der Waals surface area (Å²) < 4.78 is 45.2. The van der Waals surface area contributed by atoms with E-state index in [9.17, 15) is 95.4 Å². The number of anilines is 1. The number of pyridine rings is 1. The van der Waals surface area contributed by atoms with Crippen molar-refractivity contribution in [1.82, 2.24) is 84.7 Å². The van der Waals surface area contributed by atoms with E-state index >= 15 is 0 Å². The number of rotatable bonds is 38. The number of aromatic nitrogens is 1. The molecule has 658 valence electrons. The second-order valence-electron chi connectivity index (χ2n) is 29.0. The maximum atomic E-state index is 14.2. The van der Waals surface area contributed by atoms with Gasteiger partial charge in [0.25, 0.3) is 16.0 Å². The van der Waals surface area contributed by atoms with Gasteiger partial charge < -0.3 is 110 Å². The van der Waals surface area contributed by atoms with Gasteiger partial charge in [-0.1, -0.05) is 70.2 Å². The maximum absolute atomic E-state index is 14.2. The SMILES string of the molecule is CC(=N)NCCC[C@@H]1NC(=O)[C@H](C(C)C)NC(=O)[C@@H](Cc2ccc(OCCCNC(=O)[C@H](CCC(=O)NCCCOc3ccc(C[C@H]4NC(=O)[C@H](CC(=O)O)NC(=O)CNC(=O)[C@H](CCCNC(=N)N)NC(=O)[C@H](C(C)C)NC4=O)cc3)NC(=O)c3ccc(N/N=C/c4ccccc4S(=O)(=O)O)nc3)cc2)NC(=O)[C@H](CC(O)O)NC(=O)CNC1=O. The molecule has 2 saturated heterocycles. The van der Waals surface area contributed by atoms with Crippen molar-refractivity contribution in [3.8, 4) is 11.5 Å². The van der Waals surface area contributed by atoms with Crippen LogP contribution < -0.4 is 100 Å². The van der Waals surface area contributed by atoms with Crippen molar-refractivity contribution in [2.24, 2.45) is 22.7 Å². The largest absolute Gasteiger partial charge is 0.494 e. The van der Waals surface area contributed by atoms with Crippen molar-refractivity contribution in [1.29, 1.82) is 10.8 Å². The van der Waals surface area contributed by atoms with Crippen LogP contribution >= 0.6 is 0 Å². The Morgan fingerprint density at radius 1 is 0.587 bits per heavy atom. The summed E-state index contributed by atoms with van der Waals surface area (Å²) in [6, 6.07) is 8.34. The summed E-state index contributed by atoms with van der Waals surface area (Å²) >= 11 is 0. The number of carboxylic acids is 1. The van der Waals surface area contributed by atoms with Gasteiger partial charge in [-0.2, -0.15) is 13.5 Å². The molecule has 1 aromatic heterocycles. The molecule has 121 heavy (non-hydrogen) atoms. The monoisotopic (exact) mass is 1710 g/mol. The molecular weight excluding hydrogens is 1600 g/mol. The normalized spacial score (nSPS) is 19.6. The number of ether oxygens (including phenoxy) is 2. The van der Waals surface area contributed by atoms with Crippen LogP contribution in [0.15, 0.2) is 101 Å². The van der Waals surface area contributed by atoms with Gasteiger partial charge in [0.1, 0.15) is 76.6 Å². The molecular formula is C77H107N21O22S. The van der Waals surface area contributed by atoms with Crippen LogP contribution in [0.1, 0.15) is 126 Å². The molecule has 2 aliphatic rings. The van der Waals surface area contributed by atoms with E-state index in [1.54, 1.807) is 76.2 Å². The number of carbonyl (C=O) groups excluding carboxylic acids is 13. The Morgan fingerprint density at radius 2 is 1.07 bits per heavy atom.